The Morgan fingerprint density at radius 3 is 2.16 bits per heavy atom. The van der Waals surface area contributed by atoms with Gasteiger partial charge in [-0.3, -0.25) is 4.79 Å². The van der Waals surface area contributed by atoms with E-state index in [1.807, 2.05) is 0 Å². The average molecular weight is 295 g/mol. The molecule has 0 aromatic carbocycles. The number of halogens is 4. The van der Waals surface area contributed by atoms with Crippen LogP contribution in [-0.4, -0.2) is 17.9 Å². The number of pyridine rings is 1. The average Bonchev–Trinajstić information content (AvgIpc) is 2.24. The molecule has 0 saturated heterocycles. The fourth-order valence-electron chi connectivity index (χ4n) is 1.45. The first-order chi connectivity index (χ1) is 8.44. The van der Waals surface area contributed by atoms with Crippen LogP contribution in [0.2, 0.25) is 5.15 Å². The molecule has 106 valence electrons. The zero-order chi connectivity index (χ0) is 15.0. The second-order valence-corrected chi connectivity index (χ2v) is 5.48. The summed E-state index contributed by atoms with van der Waals surface area (Å²) in [5, 5.41) is -0.352. The van der Waals surface area contributed by atoms with E-state index in [4.69, 9.17) is 11.6 Å². The molecule has 1 aromatic rings. The molecule has 1 heterocycles. The van der Waals surface area contributed by atoms with Crippen molar-refractivity contribution in [1.29, 1.82) is 0 Å². The van der Waals surface area contributed by atoms with Gasteiger partial charge in [0.1, 0.15) is 5.69 Å². The van der Waals surface area contributed by atoms with E-state index in [2.05, 4.69) is 4.98 Å². The van der Waals surface area contributed by atoms with Gasteiger partial charge >= 0.3 is 6.18 Å². The predicted molar refractivity (Wildman–Crippen MR) is 67.1 cm³/mol. The number of aromatic nitrogens is 1. The summed E-state index contributed by atoms with van der Waals surface area (Å²) < 4.78 is 37.3. The Balaban J connectivity index is 3.14. The highest BCUT2D eigenvalue weighted by atomic mass is 35.5. The van der Waals surface area contributed by atoms with Crippen molar-refractivity contribution < 1.29 is 18.0 Å². The minimum absolute atomic E-state index is 0.148. The Morgan fingerprint density at radius 2 is 1.79 bits per heavy atom. The molecule has 0 saturated carbocycles. The van der Waals surface area contributed by atoms with Crippen LogP contribution >= 0.6 is 11.6 Å². The fourth-order valence-corrected chi connectivity index (χ4v) is 1.73. The summed E-state index contributed by atoms with van der Waals surface area (Å²) in [6.07, 6.45) is -4.56. The number of rotatable bonds is 1. The number of alkyl halides is 3. The van der Waals surface area contributed by atoms with Crippen molar-refractivity contribution in [2.45, 2.75) is 26.9 Å². The van der Waals surface area contributed by atoms with Crippen molar-refractivity contribution in [3.8, 4) is 0 Å². The van der Waals surface area contributed by atoms with E-state index in [1.54, 1.807) is 20.8 Å². The number of carbonyl (C=O) groups excluding carboxylic acids is 1. The molecular weight excluding hydrogens is 281 g/mol. The van der Waals surface area contributed by atoms with Crippen LogP contribution in [0, 0.1) is 5.41 Å². The first kappa shape index (κ1) is 15.8. The summed E-state index contributed by atoms with van der Waals surface area (Å²) in [5.41, 5.74) is -1.60. The molecule has 0 N–H and O–H groups in total. The Hall–Kier alpha value is -1.30. The first-order valence-corrected chi connectivity index (χ1v) is 5.84. The second kappa shape index (κ2) is 5.00. The maximum Gasteiger partial charge on any atom is 0.433 e. The van der Waals surface area contributed by atoms with Crippen LogP contribution in [0.4, 0.5) is 18.9 Å². The van der Waals surface area contributed by atoms with Gasteiger partial charge < -0.3 is 4.90 Å². The van der Waals surface area contributed by atoms with E-state index in [-0.39, 0.29) is 16.7 Å². The fraction of sp³-hybridized carbons (Fsp3) is 0.500. The Kier molecular flexibility index (Phi) is 4.14. The van der Waals surface area contributed by atoms with Crippen LogP contribution in [-0.2, 0) is 11.0 Å². The molecule has 0 bridgehead atoms. The van der Waals surface area contributed by atoms with Crippen molar-refractivity contribution in [3.05, 3.63) is 23.0 Å². The quantitative estimate of drug-likeness (QED) is 0.739. The molecule has 1 aromatic heterocycles. The van der Waals surface area contributed by atoms with Gasteiger partial charge in [0, 0.05) is 12.5 Å². The Bertz CT molecular complexity index is 495. The lowest BCUT2D eigenvalue weighted by atomic mass is 9.95. The molecule has 0 atom stereocenters. The van der Waals surface area contributed by atoms with Crippen LogP contribution < -0.4 is 4.90 Å². The smallest absolute Gasteiger partial charge is 0.312 e. The SMILES string of the molecule is CN(C(=O)C(C)(C)C)c1ccc(C(F)(F)F)nc1Cl. The van der Waals surface area contributed by atoms with Crippen molar-refractivity contribution in [1.82, 2.24) is 4.98 Å². The highest BCUT2D eigenvalue weighted by Crippen LogP contribution is 2.33. The van der Waals surface area contributed by atoms with E-state index < -0.39 is 17.3 Å². The van der Waals surface area contributed by atoms with Crippen molar-refractivity contribution in [2.24, 2.45) is 5.41 Å². The van der Waals surface area contributed by atoms with Gasteiger partial charge in [0.05, 0.1) is 5.69 Å². The summed E-state index contributed by atoms with van der Waals surface area (Å²) in [7, 11) is 1.45. The number of carbonyl (C=O) groups is 1. The molecule has 0 unspecified atom stereocenters. The van der Waals surface area contributed by atoms with Gasteiger partial charge in [-0.1, -0.05) is 32.4 Å². The maximum atomic E-state index is 12.4. The largest absolute Gasteiger partial charge is 0.433 e. The van der Waals surface area contributed by atoms with Gasteiger partial charge in [-0.25, -0.2) is 4.98 Å². The van der Waals surface area contributed by atoms with Crippen LogP contribution in [0.25, 0.3) is 0 Å². The molecule has 7 heteroatoms. The number of nitrogens with zero attached hydrogens (tertiary/aromatic N) is 2. The zero-order valence-electron chi connectivity index (χ0n) is 11.0. The van der Waals surface area contributed by atoms with E-state index in [0.717, 1.165) is 12.1 Å². The number of amides is 1. The number of anilines is 1. The predicted octanol–water partition coefficient (Wildman–Crippen LogP) is 3.76. The maximum absolute atomic E-state index is 12.4. The van der Waals surface area contributed by atoms with Gasteiger partial charge in [-0.15, -0.1) is 0 Å². The van der Waals surface area contributed by atoms with Gasteiger partial charge in [-0.2, -0.15) is 13.2 Å². The summed E-state index contributed by atoms with van der Waals surface area (Å²) >= 11 is 5.72. The van der Waals surface area contributed by atoms with Crippen LogP contribution in [0.5, 0.6) is 0 Å². The lowest BCUT2D eigenvalue weighted by Gasteiger charge is -2.26. The van der Waals surface area contributed by atoms with Gasteiger partial charge in [0.2, 0.25) is 5.91 Å². The molecule has 0 fully saturated rings. The lowest BCUT2D eigenvalue weighted by molar-refractivity contribution is -0.141. The zero-order valence-corrected chi connectivity index (χ0v) is 11.7. The Labute approximate surface area is 114 Å². The minimum atomic E-state index is -4.56. The third kappa shape index (κ3) is 3.59. The van der Waals surface area contributed by atoms with E-state index >= 15 is 0 Å². The van der Waals surface area contributed by atoms with E-state index in [0.29, 0.717) is 0 Å². The first-order valence-electron chi connectivity index (χ1n) is 5.46. The highest BCUT2D eigenvalue weighted by molar-refractivity contribution is 6.32. The minimum Gasteiger partial charge on any atom is -0.312 e. The molecule has 0 aliphatic carbocycles. The third-order valence-corrected chi connectivity index (χ3v) is 2.71. The molecule has 19 heavy (non-hydrogen) atoms. The molecule has 0 aliphatic rings. The van der Waals surface area contributed by atoms with Gasteiger partial charge in [0.25, 0.3) is 0 Å². The van der Waals surface area contributed by atoms with Crippen molar-refractivity contribution in [2.75, 3.05) is 11.9 Å². The molecular formula is C12H14ClF3N2O. The molecule has 0 aliphatic heterocycles. The monoisotopic (exact) mass is 294 g/mol. The summed E-state index contributed by atoms with van der Waals surface area (Å²) in [4.78, 5) is 16.5. The number of hydrogen-bond acceptors (Lipinski definition) is 2. The summed E-state index contributed by atoms with van der Waals surface area (Å²) in [6.45, 7) is 5.12. The van der Waals surface area contributed by atoms with Gasteiger partial charge in [-0.05, 0) is 12.1 Å². The van der Waals surface area contributed by atoms with Crippen LogP contribution in [0.3, 0.4) is 0 Å². The normalized spacial score (nSPS) is 12.4. The van der Waals surface area contributed by atoms with Gasteiger partial charge in [0.15, 0.2) is 5.15 Å². The summed E-state index contributed by atoms with van der Waals surface area (Å²) in [5.74, 6) is -0.268. The van der Waals surface area contributed by atoms with Crippen LogP contribution in [0.1, 0.15) is 26.5 Å². The van der Waals surface area contributed by atoms with E-state index in [9.17, 15) is 18.0 Å². The third-order valence-electron chi connectivity index (χ3n) is 2.43. The lowest BCUT2D eigenvalue weighted by Crippen LogP contribution is -2.37. The van der Waals surface area contributed by atoms with Crippen molar-refractivity contribution in [3.63, 3.8) is 0 Å². The molecule has 0 spiro atoms. The van der Waals surface area contributed by atoms with Crippen LogP contribution in [0.15, 0.2) is 12.1 Å². The standard InChI is InChI=1S/C12H14ClF3N2O/c1-11(2,3)10(19)18(4)7-5-6-8(12(14,15)16)17-9(7)13/h5-6H,1-4H3. The highest BCUT2D eigenvalue weighted by Gasteiger charge is 2.34. The molecule has 3 nitrogen and oxygen atoms in total. The molecule has 0 radical (unpaired) electrons. The number of hydrogen-bond donors (Lipinski definition) is 0. The second-order valence-electron chi connectivity index (χ2n) is 5.12. The molecule has 1 rings (SSSR count). The van der Waals surface area contributed by atoms with E-state index in [1.165, 1.54) is 11.9 Å². The topological polar surface area (TPSA) is 33.2 Å². The Morgan fingerprint density at radius 1 is 1.26 bits per heavy atom. The van der Waals surface area contributed by atoms with Crippen molar-refractivity contribution >= 4 is 23.2 Å². The molecule has 1 amide bonds. The summed E-state index contributed by atoms with van der Waals surface area (Å²) in [6, 6.07) is 1.94.